The van der Waals surface area contributed by atoms with Crippen LogP contribution in [-0.4, -0.2) is 4.57 Å². The van der Waals surface area contributed by atoms with Crippen LogP contribution in [0.1, 0.15) is 22.3 Å². The highest BCUT2D eigenvalue weighted by atomic mass is 32.2. The average molecular weight is 544 g/mol. The van der Waals surface area contributed by atoms with Crippen molar-refractivity contribution in [3.05, 3.63) is 150 Å². The first-order valence-electron chi connectivity index (χ1n) is 13.7. The van der Waals surface area contributed by atoms with Crippen molar-refractivity contribution in [2.75, 3.05) is 0 Å². The van der Waals surface area contributed by atoms with Crippen molar-refractivity contribution in [2.24, 2.45) is 0 Å². The van der Waals surface area contributed by atoms with Crippen LogP contribution in [0.2, 0.25) is 0 Å². The molecule has 40 heavy (non-hydrogen) atoms. The minimum atomic E-state index is -0.422. The van der Waals surface area contributed by atoms with Crippen molar-refractivity contribution in [2.45, 2.75) is 15.2 Å². The maximum Gasteiger partial charge on any atom is 0.0764 e. The summed E-state index contributed by atoms with van der Waals surface area (Å²) in [7, 11) is 0. The number of fused-ring (bicyclic) bond motifs is 15. The molecule has 6 aromatic carbocycles. The van der Waals surface area contributed by atoms with Crippen molar-refractivity contribution in [1.82, 2.24) is 4.57 Å². The lowest BCUT2D eigenvalue weighted by atomic mass is 9.62. The van der Waals surface area contributed by atoms with Crippen LogP contribution in [0.15, 0.2) is 137 Å². The molecular formula is C37H21NS2. The SMILES string of the molecule is c1ccc2c(c1)Sc1c(ccc3sc4ccccc4c13)C21c2ccccc2-n2c3ccccc3c3cccc1c32. The van der Waals surface area contributed by atoms with Crippen LogP contribution in [0, 0.1) is 0 Å². The Hall–Kier alpha value is -4.31. The van der Waals surface area contributed by atoms with Crippen LogP contribution >= 0.6 is 23.1 Å². The number of hydrogen-bond acceptors (Lipinski definition) is 2. The summed E-state index contributed by atoms with van der Waals surface area (Å²) in [6, 6.07) is 47.8. The molecule has 0 fully saturated rings. The zero-order valence-electron chi connectivity index (χ0n) is 21.4. The summed E-state index contributed by atoms with van der Waals surface area (Å²) in [6.45, 7) is 0. The van der Waals surface area contributed by atoms with Crippen LogP contribution in [0.5, 0.6) is 0 Å². The van der Waals surface area contributed by atoms with E-state index < -0.39 is 5.41 Å². The summed E-state index contributed by atoms with van der Waals surface area (Å²) in [5.74, 6) is 0. The van der Waals surface area contributed by atoms with E-state index in [1.165, 1.54) is 79.7 Å². The van der Waals surface area contributed by atoms with Gasteiger partial charge in [-0.15, -0.1) is 11.3 Å². The van der Waals surface area contributed by atoms with Gasteiger partial charge < -0.3 is 4.57 Å². The Kier molecular flexibility index (Phi) is 4.01. The summed E-state index contributed by atoms with van der Waals surface area (Å²) in [4.78, 5) is 2.74. The zero-order chi connectivity index (χ0) is 26.0. The summed E-state index contributed by atoms with van der Waals surface area (Å²) in [5, 5.41) is 5.39. The first-order valence-corrected chi connectivity index (χ1v) is 15.3. The number of thiophene rings is 1. The van der Waals surface area contributed by atoms with Gasteiger partial charge in [-0.25, -0.2) is 0 Å². The van der Waals surface area contributed by atoms with E-state index in [1.807, 2.05) is 23.1 Å². The monoisotopic (exact) mass is 543 g/mol. The minimum absolute atomic E-state index is 0.422. The van der Waals surface area contributed by atoms with Gasteiger partial charge in [-0.3, -0.25) is 0 Å². The molecule has 186 valence electrons. The quantitative estimate of drug-likeness (QED) is 0.184. The number of nitrogens with zero attached hydrogens (tertiary/aromatic N) is 1. The molecule has 1 atom stereocenters. The summed E-state index contributed by atoms with van der Waals surface area (Å²) < 4.78 is 5.23. The highest BCUT2D eigenvalue weighted by Gasteiger charge is 2.49. The molecule has 1 nitrogen and oxygen atoms in total. The second kappa shape index (κ2) is 7.45. The molecule has 10 rings (SSSR count). The van der Waals surface area contributed by atoms with E-state index in [-0.39, 0.29) is 0 Å². The normalized spacial score (nSPS) is 17.0. The molecule has 4 heterocycles. The molecule has 0 saturated carbocycles. The molecule has 0 amide bonds. The fourth-order valence-corrected chi connectivity index (χ4v) is 10.1. The lowest BCUT2D eigenvalue weighted by Crippen LogP contribution is -2.37. The second-order valence-electron chi connectivity index (χ2n) is 10.8. The first kappa shape index (κ1) is 21.5. The predicted molar refractivity (Wildman–Crippen MR) is 170 cm³/mol. The number of aromatic nitrogens is 1. The van der Waals surface area contributed by atoms with Crippen molar-refractivity contribution < 1.29 is 0 Å². The molecule has 0 bridgehead atoms. The van der Waals surface area contributed by atoms with E-state index in [0.29, 0.717) is 0 Å². The third-order valence-corrected chi connectivity index (χ3v) is 11.4. The largest absolute Gasteiger partial charge is 0.309 e. The number of rotatable bonds is 0. The van der Waals surface area contributed by atoms with E-state index >= 15 is 0 Å². The predicted octanol–water partition coefficient (Wildman–Crippen LogP) is 10.3. The highest BCUT2D eigenvalue weighted by Crippen LogP contribution is 2.62. The van der Waals surface area contributed by atoms with Gasteiger partial charge in [0.05, 0.1) is 22.1 Å². The second-order valence-corrected chi connectivity index (χ2v) is 13.0. The highest BCUT2D eigenvalue weighted by molar-refractivity contribution is 7.99. The van der Waals surface area contributed by atoms with Crippen LogP contribution in [0.25, 0.3) is 47.7 Å². The van der Waals surface area contributed by atoms with Crippen LogP contribution in [0.4, 0.5) is 0 Å². The van der Waals surface area contributed by atoms with Crippen molar-refractivity contribution in [3.63, 3.8) is 0 Å². The standard InChI is InChI=1S/C37H21NS2/c1-5-16-29-22(10-1)23-12-9-15-27-35(23)38(29)30-17-6-3-13-25(30)37(27)26-14-4-8-19-32(26)40-36-28(37)20-21-33-34(36)24-11-2-7-18-31(24)39-33/h1-21H. The van der Waals surface area contributed by atoms with Crippen molar-refractivity contribution in [3.8, 4) is 5.69 Å². The first-order chi connectivity index (χ1) is 19.9. The Morgan fingerprint density at radius 3 is 2.17 bits per heavy atom. The van der Waals surface area contributed by atoms with Gasteiger partial charge in [-0.2, -0.15) is 0 Å². The van der Waals surface area contributed by atoms with Crippen molar-refractivity contribution in [1.29, 1.82) is 0 Å². The molecule has 3 heteroatoms. The Morgan fingerprint density at radius 1 is 0.500 bits per heavy atom. The van der Waals surface area contributed by atoms with E-state index in [0.717, 1.165) is 0 Å². The molecule has 8 aromatic rings. The van der Waals surface area contributed by atoms with Gasteiger partial charge in [0.15, 0.2) is 0 Å². The molecule has 1 unspecified atom stereocenters. The van der Waals surface area contributed by atoms with Gasteiger partial charge in [0.1, 0.15) is 0 Å². The molecule has 0 aliphatic carbocycles. The fraction of sp³-hybridized carbons (Fsp3) is 0.0270. The third kappa shape index (κ3) is 2.39. The number of para-hydroxylation sites is 3. The third-order valence-electron chi connectivity index (χ3n) is 9.05. The maximum absolute atomic E-state index is 2.52. The molecule has 2 aliphatic heterocycles. The summed E-state index contributed by atoms with van der Waals surface area (Å²) >= 11 is 3.85. The molecule has 0 saturated heterocycles. The van der Waals surface area contributed by atoms with Gasteiger partial charge in [0.25, 0.3) is 0 Å². The average Bonchev–Trinajstić information content (AvgIpc) is 3.56. The molecule has 2 aliphatic rings. The van der Waals surface area contributed by atoms with E-state index in [2.05, 4.69) is 132 Å². The van der Waals surface area contributed by atoms with Gasteiger partial charge in [0.2, 0.25) is 0 Å². The lowest BCUT2D eigenvalue weighted by molar-refractivity contribution is 0.692. The zero-order valence-corrected chi connectivity index (χ0v) is 23.0. The lowest BCUT2D eigenvalue weighted by Gasteiger charge is -2.45. The van der Waals surface area contributed by atoms with Crippen LogP contribution in [0.3, 0.4) is 0 Å². The molecule has 2 aromatic heterocycles. The van der Waals surface area contributed by atoms with E-state index in [1.54, 1.807) is 0 Å². The Labute approximate surface area is 239 Å². The smallest absolute Gasteiger partial charge is 0.0764 e. The Balaban J connectivity index is 1.49. The van der Waals surface area contributed by atoms with Gasteiger partial charge in [-0.1, -0.05) is 109 Å². The number of hydrogen-bond donors (Lipinski definition) is 0. The van der Waals surface area contributed by atoms with E-state index in [4.69, 9.17) is 0 Å². The van der Waals surface area contributed by atoms with Crippen LogP contribution in [-0.2, 0) is 5.41 Å². The Bertz CT molecular complexity index is 2370. The van der Waals surface area contributed by atoms with Gasteiger partial charge in [0, 0.05) is 40.7 Å². The minimum Gasteiger partial charge on any atom is -0.309 e. The van der Waals surface area contributed by atoms with Crippen molar-refractivity contribution >= 4 is 65.1 Å². The van der Waals surface area contributed by atoms with Gasteiger partial charge in [-0.05, 0) is 52.6 Å². The molecular weight excluding hydrogens is 523 g/mol. The molecule has 0 radical (unpaired) electrons. The molecule has 1 spiro atoms. The van der Waals surface area contributed by atoms with Crippen LogP contribution < -0.4 is 0 Å². The summed E-state index contributed by atoms with van der Waals surface area (Å²) in [6.07, 6.45) is 0. The van der Waals surface area contributed by atoms with E-state index in [9.17, 15) is 0 Å². The maximum atomic E-state index is 2.52. The Morgan fingerprint density at radius 2 is 1.23 bits per heavy atom. The number of benzene rings is 6. The summed E-state index contributed by atoms with van der Waals surface area (Å²) in [5.41, 5.74) is 8.93. The topological polar surface area (TPSA) is 4.93 Å². The molecule has 0 N–H and O–H groups in total. The van der Waals surface area contributed by atoms with Gasteiger partial charge >= 0.3 is 0 Å². The fourth-order valence-electron chi connectivity index (χ4n) is 7.59.